The summed E-state index contributed by atoms with van der Waals surface area (Å²) < 4.78 is 6.86. The third-order valence-electron chi connectivity index (χ3n) is 2.40. The van der Waals surface area contributed by atoms with Crippen LogP contribution in [-0.4, -0.2) is 17.1 Å². The molecule has 4 nitrogen and oxygen atoms in total. The maximum Gasteiger partial charge on any atom is 0.355 e. The highest BCUT2D eigenvalue weighted by Crippen LogP contribution is 2.12. The van der Waals surface area contributed by atoms with Crippen molar-refractivity contribution in [2.75, 3.05) is 12.3 Å². The number of thiophene rings is 1. The molecular weight excluding hydrogens is 236 g/mol. The number of aromatic nitrogens is 1. The maximum absolute atomic E-state index is 11.7. The highest BCUT2D eigenvalue weighted by molar-refractivity contribution is 7.09. The molecule has 0 saturated carbocycles. The molecule has 5 heteroatoms. The second kappa shape index (κ2) is 5.05. The third-order valence-corrected chi connectivity index (χ3v) is 3.33. The van der Waals surface area contributed by atoms with Crippen molar-refractivity contribution in [1.82, 2.24) is 4.57 Å². The van der Waals surface area contributed by atoms with Crippen LogP contribution in [0.3, 0.4) is 0 Å². The van der Waals surface area contributed by atoms with Crippen LogP contribution in [0.2, 0.25) is 0 Å². The second-order valence-corrected chi connectivity index (χ2v) is 4.77. The average molecular weight is 250 g/mol. The molecule has 0 unspecified atom stereocenters. The highest BCUT2D eigenvalue weighted by Gasteiger charge is 2.12. The van der Waals surface area contributed by atoms with Crippen LogP contribution < -0.4 is 5.73 Å². The van der Waals surface area contributed by atoms with Crippen LogP contribution >= 0.6 is 11.3 Å². The Labute approximate surface area is 104 Å². The lowest BCUT2D eigenvalue weighted by Crippen LogP contribution is -2.11. The third kappa shape index (κ3) is 2.88. The normalized spacial score (nSPS) is 10.4. The smallest absolute Gasteiger partial charge is 0.355 e. The molecule has 0 aliphatic rings. The first kappa shape index (κ1) is 11.7. The predicted octanol–water partition coefficient (Wildman–Crippen LogP) is 2.07. The zero-order valence-corrected chi connectivity index (χ0v) is 10.4. The fraction of sp³-hybridized carbons (Fsp3) is 0.250. The second-order valence-electron chi connectivity index (χ2n) is 3.73. The molecule has 0 saturated heterocycles. The van der Waals surface area contributed by atoms with Gasteiger partial charge in [0.2, 0.25) is 0 Å². The number of carbonyl (C=O) groups is 1. The Morgan fingerprint density at radius 1 is 1.59 bits per heavy atom. The first-order chi connectivity index (χ1) is 8.16. The molecule has 2 N–H and O–H groups in total. The number of hydrogen-bond donors (Lipinski definition) is 1. The number of carbonyl (C=O) groups excluding carboxylic acids is 1. The quantitative estimate of drug-likeness (QED) is 0.845. The summed E-state index contributed by atoms with van der Waals surface area (Å²) in [6.45, 7) is 0.393. The van der Waals surface area contributed by atoms with Gasteiger partial charge in [-0.15, -0.1) is 11.3 Å². The van der Waals surface area contributed by atoms with Crippen molar-refractivity contribution in [3.8, 4) is 0 Å². The van der Waals surface area contributed by atoms with Gasteiger partial charge in [0, 0.05) is 24.5 Å². The first-order valence-electron chi connectivity index (χ1n) is 5.28. The number of nitrogen functional groups attached to an aromatic ring is 1. The van der Waals surface area contributed by atoms with Gasteiger partial charge in [0.25, 0.3) is 0 Å². The van der Waals surface area contributed by atoms with E-state index >= 15 is 0 Å². The van der Waals surface area contributed by atoms with Crippen molar-refractivity contribution in [2.24, 2.45) is 7.05 Å². The zero-order valence-electron chi connectivity index (χ0n) is 9.55. The topological polar surface area (TPSA) is 57.2 Å². The van der Waals surface area contributed by atoms with E-state index in [-0.39, 0.29) is 5.97 Å². The summed E-state index contributed by atoms with van der Waals surface area (Å²) in [5.74, 6) is -0.333. The van der Waals surface area contributed by atoms with Gasteiger partial charge in [-0.3, -0.25) is 0 Å². The zero-order chi connectivity index (χ0) is 12.3. The van der Waals surface area contributed by atoms with E-state index in [1.54, 1.807) is 35.2 Å². The molecule has 0 atom stereocenters. The Morgan fingerprint density at radius 3 is 3.00 bits per heavy atom. The van der Waals surface area contributed by atoms with Gasteiger partial charge >= 0.3 is 5.97 Å². The molecular formula is C12H14N2O2S. The minimum absolute atomic E-state index is 0.333. The monoisotopic (exact) mass is 250 g/mol. The summed E-state index contributed by atoms with van der Waals surface area (Å²) in [5.41, 5.74) is 6.64. The standard InChI is InChI=1S/C12H14N2O2S/c1-14-8-9(13)7-11(14)12(15)16-5-4-10-3-2-6-17-10/h2-3,6-8H,4-5,13H2,1H3. The predicted molar refractivity (Wildman–Crippen MR) is 68.1 cm³/mol. The molecule has 0 aliphatic heterocycles. The summed E-state index contributed by atoms with van der Waals surface area (Å²) in [4.78, 5) is 12.9. The number of rotatable bonds is 4. The van der Waals surface area contributed by atoms with Gasteiger partial charge in [0.05, 0.1) is 12.3 Å². The molecule has 17 heavy (non-hydrogen) atoms. The van der Waals surface area contributed by atoms with Gasteiger partial charge in [-0.1, -0.05) is 6.07 Å². The molecule has 90 valence electrons. The molecule has 0 radical (unpaired) electrons. The lowest BCUT2D eigenvalue weighted by molar-refractivity contribution is 0.0499. The SMILES string of the molecule is Cn1cc(N)cc1C(=O)OCCc1cccs1. The van der Waals surface area contributed by atoms with E-state index in [4.69, 9.17) is 10.5 Å². The number of anilines is 1. The Hall–Kier alpha value is -1.75. The van der Waals surface area contributed by atoms with Gasteiger partial charge in [0.15, 0.2) is 0 Å². The molecule has 0 bridgehead atoms. The fourth-order valence-corrected chi connectivity index (χ4v) is 2.26. The van der Waals surface area contributed by atoms with E-state index in [1.165, 1.54) is 4.88 Å². The first-order valence-corrected chi connectivity index (χ1v) is 6.16. The number of nitrogens with zero attached hydrogens (tertiary/aromatic N) is 1. The molecule has 2 rings (SSSR count). The van der Waals surface area contributed by atoms with Gasteiger partial charge in [0.1, 0.15) is 5.69 Å². The van der Waals surface area contributed by atoms with Crippen molar-refractivity contribution in [2.45, 2.75) is 6.42 Å². The van der Waals surface area contributed by atoms with Crippen LogP contribution in [0.25, 0.3) is 0 Å². The van der Waals surface area contributed by atoms with Crippen molar-refractivity contribution in [3.63, 3.8) is 0 Å². The molecule has 0 amide bonds. The Balaban J connectivity index is 1.87. The molecule has 2 heterocycles. The summed E-state index contributed by atoms with van der Waals surface area (Å²) >= 11 is 1.66. The molecule has 0 aliphatic carbocycles. The number of hydrogen-bond acceptors (Lipinski definition) is 4. The van der Waals surface area contributed by atoms with Crippen molar-refractivity contribution >= 4 is 23.0 Å². The van der Waals surface area contributed by atoms with Crippen LogP contribution in [0.1, 0.15) is 15.4 Å². The van der Waals surface area contributed by atoms with Crippen molar-refractivity contribution in [1.29, 1.82) is 0 Å². The minimum Gasteiger partial charge on any atom is -0.461 e. The van der Waals surface area contributed by atoms with Gasteiger partial charge in [-0.05, 0) is 17.5 Å². The van der Waals surface area contributed by atoms with E-state index in [9.17, 15) is 4.79 Å². The number of ether oxygens (including phenoxy) is 1. The van der Waals surface area contributed by atoms with Crippen molar-refractivity contribution in [3.05, 3.63) is 40.3 Å². The average Bonchev–Trinajstić information content (AvgIpc) is 2.88. The molecule has 0 fully saturated rings. The van der Waals surface area contributed by atoms with Gasteiger partial charge < -0.3 is 15.0 Å². The van der Waals surface area contributed by atoms with Crippen LogP contribution in [0, 0.1) is 0 Å². The largest absolute Gasteiger partial charge is 0.461 e. The fourth-order valence-electron chi connectivity index (χ4n) is 1.57. The summed E-state index contributed by atoms with van der Waals surface area (Å²) in [7, 11) is 1.77. The molecule has 0 spiro atoms. The van der Waals surface area contributed by atoms with Gasteiger partial charge in [-0.2, -0.15) is 0 Å². The summed E-state index contributed by atoms with van der Waals surface area (Å²) in [6, 6.07) is 5.63. The number of esters is 1. The van der Waals surface area contributed by atoms with E-state index in [1.807, 2.05) is 17.5 Å². The number of aryl methyl sites for hydroxylation is 1. The number of nitrogens with two attached hydrogens (primary N) is 1. The maximum atomic E-state index is 11.7. The minimum atomic E-state index is -0.333. The Morgan fingerprint density at radius 2 is 2.41 bits per heavy atom. The summed E-state index contributed by atoms with van der Waals surface area (Å²) in [6.07, 6.45) is 2.44. The van der Waals surface area contributed by atoms with Crippen LogP contribution in [0.5, 0.6) is 0 Å². The van der Waals surface area contributed by atoms with Gasteiger partial charge in [-0.25, -0.2) is 4.79 Å². The Kier molecular flexibility index (Phi) is 3.49. The van der Waals surface area contributed by atoms with Crippen LogP contribution in [0.15, 0.2) is 29.8 Å². The molecule has 2 aromatic heterocycles. The lowest BCUT2D eigenvalue weighted by atomic mass is 10.3. The lowest BCUT2D eigenvalue weighted by Gasteiger charge is -2.04. The van der Waals surface area contributed by atoms with E-state index in [2.05, 4.69) is 0 Å². The molecule has 2 aromatic rings. The summed E-state index contributed by atoms with van der Waals surface area (Å²) in [5, 5.41) is 2.01. The van der Waals surface area contributed by atoms with Crippen LogP contribution in [-0.2, 0) is 18.2 Å². The highest BCUT2D eigenvalue weighted by atomic mass is 32.1. The van der Waals surface area contributed by atoms with Crippen molar-refractivity contribution < 1.29 is 9.53 Å². The Bertz CT molecular complexity index is 503. The van der Waals surface area contributed by atoms with Crippen LogP contribution in [0.4, 0.5) is 5.69 Å². The van der Waals surface area contributed by atoms with E-state index in [0.29, 0.717) is 18.0 Å². The van der Waals surface area contributed by atoms with E-state index < -0.39 is 0 Å². The molecule has 0 aromatic carbocycles. The van der Waals surface area contributed by atoms with E-state index in [0.717, 1.165) is 6.42 Å².